The number of carbonyl (C=O) groups excluding carboxylic acids is 2. The number of ether oxygens (including phenoxy) is 1. The smallest absolute Gasteiger partial charge is 0.416 e. The van der Waals surface area contributed by atoms with Gasteiger partial charge >= 0.3 is 6.09 Å². The normalized spacial score (nSPS) is 17.7. The number of rotatable bonds is 5. The summed E-state index contributed by atoms with van der Waals surface area (Å²) in [6, 6.07) is 0. The standard InChI is InChI=1S/C11H19NO3/c1-3-5-9(4-2)8-10(13)12-6-7-15-11(12)14/h9H,3-8H2,1-2H3/t9-/m1/s1. The van der Waals surface area contributed by atoms with E-state index in [1.54, 1.807) is 0 Å². The van der Waals surface area contributed by atoms with Crippen molar-refractivity contribution in [2.75, 3.05) is 13.2 Å². The number of imide groups is 1. The third kappa shape index (κ3) is 3.22. The Morgan fingerprint density at radius 1 is 1.53 bits per heavy atom. The van der Waals surface area contributed by atoms with Crippen molar-refractivity contribution in [3.63, 3.8) is 0 Å². The third-order valence-electron chi connectivity index (χ3n) is 2.80. The van der Waals surface area contributed by atoms with Gasteiger partial charge in [0.1, 0.15) is 6.61 Å². The molecule has 0 radical (unpaired) electrons. The van der Waals surface area contributed by atoms with Crippen LogP contribution in [0.4, 0.5) is 4.79 Å². The molecule has 4 heteroatoms. The summed E-state index contributed by atoms with van der Waals surface area (Å²) in [7, 11) is 0. The van der Waals surface area contributed by atoms with Gasteiger partial charge in [-0.2, -0.15) is 0 Å². The van der Waals surface area contributed by atoms with Crippen molar-refractivity contribution in [1.82, 2.24) is 4.90 Å². The number of hydrogen-bond acceptors (Lipinski definition) is 3. The van der Waals surface area contributed by atoms with Crippen molar-refractivity contribution in [1.29, 1.82) is 0 Å². The van der Waals surface area contributed by atoms with Crippen molar-refractivity contribution in [3.8, 4) is 0 Å². The predicted molar refractivity (Wildman–Crippen MR) is 56.4 cm³/mol. The van der Waals surface area contributed by atoms with Gasteiger partial charge in [-0.3, -0.25) is 4.79 Å². The first kappa shape index (κ1) is 12.0. The molecule has 86 valence electrons. The Hall–Kier alpha value is -1.06. The largest absolute Gasteiger partial charge is 0.447 e. The van der Waals surface area contributed by atoms with Crippen LogP contribution < -0.4 is 0 Å². The quantitative estimate of drug-likeness (QED) is 0.703. The Labute approximate surface area is 90.6 Å². The fourth-order valence-electron chi connectivity index (χ4n) is 1.84. The molecule has 0 aromatic heterocycles. The highest BCUT2D eigenvalue weighted by Gasteiger charge is 2.29. The molecule has 1 saturated heterocycles. The number of cyclic esters (lactones) is 1. The third-order valence-corrected chi connectivity index (χ3v) is 2.80. The fraction of sp³-hybridized carbons (Fsp3) is 0.818. The van der Waals surface area contributed by atoms with Crippen LogP contribution in [0.1, 0.15) is 39.5 Å². The fourth-order valence-corrected chi connectivity index (χ4v) is 1.84. The second-order valence-corrected chi connectivity index (χ2v) is 3.93. The molecule has 1 rings (SSSR count). The lowest BCUT2D eigenvalue weighted by Gasteiger charge is -2.16. The molecule has 1 fully saturated rings. The van der Waals surface area contributed by atoms with Gasteiger partial charge in [-0.05, 0) is 5.92 Å². The lowest BCUT2D eigenvalue weighted by atomic mass is 9.96. The molecule has 0 bridgehead atoms. The summed E-state index contributed by atoms with van der Waals surface area (Å²) >= 11 is 0. The van der Waals surface area contributed by atoms with Gasteiger partial charge in [-0.1, -0.05) is 33.1 Å². The highest BCUT2D eigenvalue weighted by molar-refractivity contribution is 5.92. The molecule has 0 aromatic rings. The summed E-state index contributed by atoms with van der Waals surface area (Å²) in [4.78, 5) is 24.1. The van der Waals surface area contributed by atoms with Crippen LogP contribution in [0.15, 0.2) is 0 Å². The first-order chi connectivity index (χ1) is 7.19. The van der Waals surface area contributed by atoms with Gasteiger partial charge < -0.3 is 4.74 Å². The van der Waals surface area contributed by atoms with Crippen LogP contribution in [0.2, 0.25) is 0 Å². The van der Waals surface area contributed by atoms with Crippen LogP contribution in [0.3, 0.4) is 0 Å². The second-order valence-electron chi connectivity index (χ2n) is 3.93. The SMILES string of the molecule is CCC[C@@H](CC)CC(=O)N1CCOC1=O. The number of carbonyl (C=O) groups is 2. The molecule has 0 spiro atoms. The maximum absolute atomic E-state index is 11.7. The zero-order valence-electron chi connectivity index (χ0n) is 9.49. The van der Waals surface area contributed by atoms with Crippen LogP contribution in [-0.2, 0) is 9.53 Å². The topological polar surface area (TPSA) is 46.6 Å². The zero-order valence-corrected chi connectivity index (χ0v) is 9.49. The molecule has 0 N–H and O–H groups in total. The van der Waals surface area contributed by atoms with E-state index in [1.165, 1.54) is 4.90 Å². The second kappa shape index (κ2) is 5.73. The molecule has 1 aliphatic heterocycles. The average Bonchev–Trinajstić information content (AvgIpc) is 2.63. The Morgan fingerprint density at radius 3 is 2.73 bits per heavy atom. The Kier molecular flexibility index (Phi) is 4.59. The van der Waals surface area contributed by atoms with E-state index in [2.05, 4.69) is 13.8 Å². The maximum atomic E-state index is 11.7. The van der Waals surface area contributed by atoms with E-state index in [0.717, 1.165) is 19.3 Å². The van der Waals surface area contributed by atoms with Gasteiger partial charge in [0.15, 0.2) is 0 Å². The molecule has 1 aliphatic rings. The van der Waals surface area contributed by atoms with E-state index < -0.39 is 6.09 Å². The first-order valence-electron chi connectivity index (χ1n) is 5.66. The molecule has 15 heavy (non-hydrogen) atoms. The van der Waals surface area contributed by atoms with Gasteiger partial charge in [-0.15, -0.1) is 0 Å². The Morgan fingerprint density at radius 2 is 2.27 bits per heavy atom. The summed E-state index contributed by atoms with van der Waals surface area (Å²) in [6.07, 6.45) is 3.11. The van der Waals surface area contributed by atoms with Gasteiger partial charge in [0.25, 0.3) is 0 Å². The van der Waals surface area contributed by atoms with E-state index >= 15 is 0 Å². The number of amides is 2. The number of hydrogen-bond donors (Lipinski definition) is 0. The van der Waals surface area contributed by atoms with E-state index in [1.807, 2.05) is 0 Å². The van der Waals surface area contributed by atoms with E-state index in [0.29, 0.717) is 25.5 Å². The Bertz CT molecular complexity index is 240. The lowest BCUT2D eigenvalue weighted by Crippen LogP contribution is -2.32. The molecule has 0 saturated carbocycles. The predicted octanol–water partition coefficient (Wildman–Crippen LogP) is 2.18. The first-order valence-corrected chi connectivity index (χ1v) is 5.66. The summed E-state index contributed by atoms with van der Waals surface area (Å²) in [5.74, 6) is 0.314. The minimum Gasteiger partial charge on any atom is -0.447 e. The Balaban J connectivity index is 2.42. The molecule has 4 nitrogen and oxygen atoms in total. The van der Waals surface area contributed by atoms with Crippen LogP contribution in [0.5, 0.6) is 0 Å². The number of nitrogens with zero attached hydrogens (tertiary/aromatic N) is 1. The van der Waals surface area contributed by atoms with Gasteiger partial charge in [-0.25, -0.2) is 9.69 Å². The van der Waals surface area contributed by atoms with Crippen molar-refractivity contribution in [2.45, 2.75) is 39.5 Å². The molecule has 1 atom stereocenters. The van der Waals surface area contributed by atoms with Crippen LogP contribution >= 0.6 is 0 Å². The monoisotopic (exact) mass is 213 g/mol. The van der Waals surface area contributed by atoms with Crippen LogP contribution in [0, 0.1) is 5.92 Å². The maximum Gasteiger partial charge on any atom is 0.416 e. The van der Waals surface area contributed by atoms with Gasteiger partial charge in [0.2, 0.25) is 5.91 Å². The molecule has 0 aliphatic carbocycles. The lowest BCUT2D eigenvalue weighted by molar-refractivity contribution is -0.128. The molecule has 2 amide bonds. The minimum absolute atomic E-state index is 0.0854. The van der Waals surface area contributed by atoms with Crippen molar-refractivity contribution < 1.29 is 14.3 Å². The van der Waals surface area contributed by atoms with Crippen molar-refractivity contribution >= 4 is 12.0 Å². The molecular formula is C11H19NO3. The van der Waals surface area contributed by atoms with Crippen LogP contribution in [-0.4, -0.2) is 30.1 Å². The molecule has 0 aromatic carbocycles. The van der Waals surface area contributed by atoms with E-state index in [-0.39, 0.29) is 5.91 Å². The highest BCUT2D eigenvalue weighted by atomic mass is 16.6. The van der Waals surface area contributed by atoms with Gasteiger partial charge in [0, 0.05) is 6.42 Å². The molecular weight excluding hydrogens is 194 g/mol. The zero-order chi connectivity index (χ0) is 11.3. The highest BCUT2D eigenvalue weighted by Crippen LogP contribution is 2.18. The average molecular weight is 213 g/mol. The van der Waals surface area contributed by atoms with Crippen molar-refractivity contribution in [3.05, 3.63) is 0 Å². The van der Waals surface area contributed by atoms with E-state index in [9.17, 15) is 9.59 Å². The molecule has 0 unspecified atom stereocenters. The summed E-state index contributed by atoms with van der Waals surface area (Å²) < 4.78 is 4.73. The summed E-state index contributed by atoms with van der Waals surface area (Å²) in [5, 5.41) is 0. The van der Waals surface area contributed by atoms with Crippen LogP contribution in [0.25, 0.3) is 0 Å². The van der Waals surface area contributed by atoms with Crippen molar-refractivity contribution in [2.24, 2.45) is 5.92 Å². The summed E-state index contributed by atoms with van der Waals surface area (Å²) in [6.45, 7) is 4.95. The summed E-state index contributed by atoms with van der Waals surface area (Å²) in [5.41, 5.74) is 0. The van der Waals surface area contributed by atoms with E-state index in [4.69, 9.17) is 4.74 Å². The molecule has 1 heterocycles. The minimum atomic E-state index is -0.480. The van der Waals surface area contributed by atoms with Gasteiger partial charge in [0.05, 0.1) is 6.54 Å².